The fourth-order valence-electron chi connectivity index (χ4n) is 0.177. The first-order valence-corrected chi connectivity index (χ1v) is 1.91. The number of hydrogen-bond donors (Lipinski definition) is 0. The summed E-state index contributed by atoms with van der Waals surface area (Å²) >= 11 is 0. The van der Waals surface area contributed by atoms with Gasteiger partial charge in [-0.2, -0.15) is 0 Å². The van der Waals surface area contributed by atoms with Gasteiger partial charge in [-0.3, -0.25) is 0 Å². The zero-order valence-corrected chi connectivity index (χ0v) is 4.16. The molecule has 0 N–H and O–H groups in total. The molecule has 0 aliphatic carbocycles. The first-order chi connectivity index (χ1) is 3.41. The van der Waals surface area contributed by atoms with Crippen LogP contribution in [0.2, 0.25) is 0 Å². The van der Waals surface area contributed by atoms with Crippen LogP contribution in [0.1, 0.15) is 7.43 Å². The molecule has 0 radical (unpaired) electrons. The maximum Gasteiger partial charge on any atom is 0.0518 e. The Kier molecular flexibility index (Phi) is 12.3. The summed E-state index contributed by atoms with van der Waals surface area (Å²) in [6.45, 7) is 0.928. The van der Waals surface area contributed by atoms with Crippen molar-refractivity contribution in [2.24, 2.45) is 5.11 Å². The van der Waals surface area contributed by atoms with Gasteiger partial charge in [0.15, 0.2) is 0 Å². The van der Waals surface area contributed by atoms with Crippen molar-refractivity contribution >= 4 is 0 Å². The summed E-state index contributed by atoms with van der Waals surface area (Å²) in [7, 11) is 1.56. The first kappa shape index (κ1) is 10.3. The molecular weight excluding hydrogens is 106 g/mol. The van der Waals surface area contributed by atoms with Gasteiger partial charge >= 0.3 is 0 Å². The molecule has 0 spiro atoms. The van der Waals surface area contributed by atoms with Gasteiger partial charge in [-0.25, -0.2) is 0 Å². The number of methoxy groups -OCH3 is 1. The van der Waals surface area contributed by atoms with Gasteiger partial charge < -0.3 is 4.74 Å². The summed E-state index contributed by atoms with van der Waals surface area (Å²) < 4.78 is 4.58. The maximum atomic E-state index is 7.70. The second-order valence-corrected chi connectivity index (χ2v) is 0.947. The van der Waals surface area contributed by atoms with E-state index in [0.717, 1.165) is 0 Å². The molecule has 48 valence electrons. The Labute approximate surface area is 49.1 Å². The van der Waals surface area contributed by atoms with Crippen molar-refractivity contribution in [3.8, 4) is 0 Å². The maximum absolute atomic E-state index is 7.70. The minimum atomic E-state index is 0. The number of azide groups is 1. The summed E-state index contributed by atoms with van der Waals surface area (Å²) in [6, 6.07) is 0. The van der Waals surface area contributed by atoms with Gasteiger partial charge in [0.05, 0.1) is 6.61 Å². The molecule has 0 fully saturated rings. The van der Waals surface area contributed by atoms with Crippen molar-refractivity contribution in [3.63, 3.8) is 0 Å². The Bertz CT molecular complexity index is 77.4. The fourth-order valence-corrected chi connectivity index (χ4v) is 0.177. The molecule has 0 amide bonds. The van der Waals surface area contributed by atoms with Gasteiger partial charge in [-0.1, -0.05) is 12.5 Å². The van der Waals surface area contributed by atoms with E-state index >= 15 is 0 Å². The smallest absolute Gasteiger partial charge is 0.0518 e. The number of rotatable bonds is 3. The van der Waals surface area contributed by atoms with E-state index in [0.29, 0.717) is 13.2 Å². The number of ether oxygens (including phenoxy) is 1. The third kappa shape index (κ3) is 8.99. The molecule has 0 aromatic carbocycles. The van der Waals surface area contributed by atoms with Crippen LogP contribution in [0.5, 0.6) is 0 Å². The molecule has 0 bridgehead atoms. The number of hydrogen-bond acceptors (Lipinski definition) is 2. The largest absolute Gasteiger partial charge is 0.385 e. The predicted octanol–water partition coefficient (Wildman–Crippen LogP) is 1.58. The standard InChI is InChI=1S/C3H7N3O.CH4/c1-7-3-2-5-6-4;/h2-3H2,1H3;1H4. The SMILES string of the molecule is C.COCCN=[N+]=[N-]. The van der Waals surface area contributed by atoms with Gasteiger partial charge in [0.2, 0.25) is 0 Å². The molecule has 4 heteroatoms. The summed E-state index contributed by atoms with van der Waals surface area (Å²) in [4.78, 5) is 2.52. The van der Waals surface area contributed by atoms with Crippen LogP contribution in [0, 0.1) is 0 Å². The van der Waals surface area contributed by atoms with Crippen LogP contribution in [0.15, 0.2) is 5.11 Å². The van der Waals surface area contributed by atoms with E-state index in [4.69, 9.17) is 5.53 Å². The van der Waals surface area contributed by atoms with E-state index in [9.17, 15) is 0 Å². The van der Waals surface area contributed by atoms with Crippen molar-refractivity contribution in [2.75, 3.05) is 20.3 Å². The molecule has 8 heavy (non-hydrogen) atoms. The van der Waals surface area contributed by atoms with Gasteiger partial charge in [0.25, 0.3) is 0 Å². The quantitative estimate of drug-likeness (QED) is 0.239. The highest BCUT2D eigenvalue weighted by Crippen LogP contribution is 1.69. The van der Waals surface area contributed by atoms with E-state index in [1.165, 1.54) is 0 Å². The van der Waals surface area contributed by atoms with Crippen molar-refractivity contribution < 1.29 is 4.74 Å². The molecule has 0 aromatic heterocycles. The summed E-state index contributed by atoms with van der Waals surface area (Å²) in [5, 5.41) is 3.22. The molecule has 0 saturated heterocycles. The Hall–Kier alpha value is -0.730. The van der Waals surface area contributed by atoms with Crippen LogP contribution in [-0.2, 0) is 4.74 Å². The van der Waals surface area contributed by atoms with Crippen LogP contribution < -0.4 is 0 Å². The van der Waals surface area contributed by atoms with Crippen molar-refractivity contribution in [1.82, 2.24) is 0 Å². The zero-order valence-electron chi connectivity index (χ0n) is 4.16. The Morgan fingerprint density at radius 1 is 1.75 bits per heavy atom. The highest BCUT2D eigenvalue weighted by atomic mass is 16.5. The molecule has 0 aliphatic rings. The van der Waals surface area contributed by atoms with E-state index in [2.05, 4.69) is 14.8 Å². The lowest BCUT2D eigenvalue weighted by atomic mass is 10.7. The minimum absolute atomic E-state index is 0. The van der Waals surface area contributed by atoms with Crippen LogP contribution in [0.25, 0.3) is 10.4 Å². The first-order valence-electron chi connectivity index (χ1n) is 1.91. The van der Waals surface area contributed by atoms with E-state index < -0.39 is 0 Å². The van der Waals surface area contributed by atoms with Crippen molar-refractivity contribution in [1.29, 1.82) is 0 Å². The molecule has 4 nitrogen and oxygen atoms in total. The average molecular weight is 117 g/mol. The third-order valence-corrected chi connectivity index (χ3v) is 0.459. The van der Waals surface area contributed by atoms with Gasteiger partial charge in [-0.15, -0.1) is 0 Å². The van der Waals surface area contributed by atoms with Crippen LogP contribution >= 0.6 is 0 Å². The summed E-state index contributed by atoms with van der Waals surface area (Å²) in [6.07, 6.45) is 0. The fraction of sp³-hybridized carbons (Fsp3) is 1.00. The second-order valence-electron chi connectivity index (χ2n) is 0.947. The molecule has 0 aromatic rings. The third-order valence-electron chi connectivity index (χ3n) is 0.459. The van der Waals surface area contributed by atoms with E-state index in [-0.39, 0.29) is 7.43 Å². The lowest BCUT2D eigenvalue weighted by Crippen LogP contribution is -1.89. The molecule has 0 aliphatic heterocycles. The Morgan fingerprint density at radius 2 is 2.38 bits per heavy atom. The average Bonchev–Trinajstić information content (AvgIpc) is 1.69. The van der Waals surface area contributed by atoms with Gasteiger partial charge in [0, 0.05) is 18.6 Å². The lowest BCUT2D eigenvalue weighted by molar-refractivity contribution is 0.207. The van der Waals surface area contributed by atoms with Crippen LogP contribution in [0.4, 0.5) is 0 Å². The molecule has 0 unspecified atom stereocenters. The molecule has 0 heterocycles. The van der Waals surface area contributed by atoms with Crippen molar-refractivity contribution in [3.05, 3.63) is 10.4 Å². The highest BCUT2D eigenvalue weighted by Gasteiger charge is 1.73. The molecule has 0 saturated carbocycles. The normalized spacial score (nSPS) is 6.62. The monoisotopic (exact) mass is 117 g/mol. The highest BCUT2D eigenvalue weighted by molar-refractivity contribution is 4.42. The van der Waals surface area contributed by atoms with E-state index in [1.807, 2.05) is 0 Å². The Morgan fingerprint density at radius 3 is 2.75 bits per heavy atom. The second kappa shape index (κ2) is 9.55. The zero-order chi connectivity index (χ0) is 5.54. The van der Waals surface area contributed by atoms with Gasteiger partial charge in [-0.05, 0) is 5.53 Å². The van der Waals surface area contributed by atoms with Crippen LogP contribution in [0.3, 0.4) is 0 Å². The molecular formula is C4H11N3O. The van der Waals surface area contributed by atoms with E-state index in [1.54, 1.807) is 7.11 Å². The summed E-state index contributed by atoms with van der Waals surface area (Å²) in [5.41, 5.74) is 7.70. The molecule has 0 atom stereocenters. The topological polar surface area (TPSA) is 58.0 Å². The van der Waals surface area contributed by atoms with Crippen LogP contribution in [-0.4, -0.2) is 20.3 Å². The van der Waals surface area contributed by atoms with Crippen molar-refractivity contribution in [2.45, 2.75) is 7.43 Å². The Balaban J connectivity index is 0. The molecule has 0 rings (SSSR count). The predicted molar refractivity (Wildman–Crippen MR) is 32.6 cm³/mol. The summed E-state index contributed by atoms with van der Waals surface area (Å²) in [5.74, 6) is 0. The lowest BCUT2D eigenvalue weighted by Gasteiger charge is -1.85. The van der Waals surface area contributed by atoms with Gasteiger partial charge in [0.1, 0.15) is 0 Å². The number of nitrogens with zero attached hydrogens (tertiary/aromatic N) is 3. The minimum Gasteiger partial charge on any atom is -0.385 e.